The van der Waals surface area contributed by atoms with Gasteiger partial charge in [0.05, 0.1) is 25.4 Å². The third-order valence-electron chi connectivity index (χ3n) is 5.24. The van der Waals surface area contributed by atoms with Gasteiger partial charge in [0.2, 0.25) is 0 Å². The molecule has 5 atom stereocenters. The highest BCUT2D eigenvalue weighted by Crippen LogP contribution is 2.23. The summed E-state index contributed by atoms with van der Waals surface area (Å²) in [5.41, 5.74) is 1.09. The largest absolute Gasteiger partial charge is 0.389 e. The summed E-state index contributed by atoms with van der Waals surface area (Å²) in [6, 6.07) is 10.3. The number of aliphatic imine (C=N–C) groups is 1. The zero-order chi connectivity index (χ0) is 21.1. The number of halogens is 1. The summed E-state index contributed by atoms with van der Waals surface area (Å²) in [5.74, 6) is 1.43. The Kier molecular flexibility index (Phi) is 13.8. The van der Waals surface area contributed by atoms with E-state index in [0.717, 1.165) is 43.5 Å². The minimum atomic E-state index is -0.744. The smallest absolute Gasteiger partial charge is 0.191 e. The second kappa shape index (κ2) is 15.2. The number of nitrogens with one attached hydrogen (secondary N) is 2. The number of aliphatic hydroxyl groups is 1. The normalized spacial score (nSPS) is 22.5. The summed E-state index contributed by atoms with van der Waals surface area (Å²) in [7, 11) is -0.744. The minimum Gasteiger partial charge on any atom is -0.389 e. The van der Waals surface area contributed by atoms with Crippen LogP contribution in [0.1, 0.15) is 58.1 Å². The molecule has 6 nitrogen and oxygen atoms in total. The number of ether oxygens (including phenoxy) is 1. The Labute approximate surface area is 201 Å². The van der Waals surface area contributed by atoms with Crippen molar-refractivity contribution in [3.63, 3.8) is 0 Å². The van der Waals surface area contributed by atoms with Crippen LogP contribution in [-0.2, 0) is 15.5 Å². The van der Waals surface area contributed by atoms with E-state index < -0.39 is 16.9 Å². The number of hydrogen-bond acceptors (Lipinski definition) is 4. The molecule has 2 rings (SSSR count). The number of hydrogen-bond donors (Lipinski definition) is 3. The van der Waals surface area contributed by atoms with Gasteiger partial charge in [-0.25, -0.2) is 0 Å². The van der Waals surface area contributed by atoms with E-state index in [2.05, 4.69) is 15.6 Å². The Morgan fingerprint density at radius 3 is 2.70 bits per heavy atom. The van der Waals surface area contributed by atoms with Gasteiger partial charge >= 0.3 is 0 Å². The van der Waals surface area contributed by atoms with Gasteiger partial charge in [0.25, 0.3) is 0 Å². The second-order valence-corrected chi connectivity index (χ2v) is 9.56. The first kappa shape index (κ1) is 27.3. The maximum atomic E-state index is 12.2. The molecule has 0 aromatic heterocycles. The predicted octanol–water partition coefficient (Wildman–Crippen LogP) is 3.38. The summed E-state index contributed by atoms with van der Waals surface area (Å²) in [6.07, 6.45) is 3.36. The quantitative estimate of drug-likeness (QED) is 0.236. The van der Waals surface area contributed by atoms with E-state index in [1.165, 1.54) is 0 Å². The lowest BCUT2D eigenvalue weighted by molar-refractivity contribution is 0.00111. The van der Waals surface area contributed by atoms with Crippen LogP contribution in [0.3, 0.4) is 0 Å². The van der Waals surface area contributed by atoms with Gasteiger partial charge in [0.15, 0.2) is 5.96 Å². The van der Waals surface area contributed by atoms with Gasteiger partial charge in [0.1, 0.15) is 0 Å². The SMILES string of the molecule is CCNC(=NCC(O)COC(C)c1ccccc1)NC1CCCC(S(=O)CC)C1.I. The molecule has 0 saturated heterocycles. The molecule has 0 radical (unpaired) electrons. The van der Waals surface area contributed by atoms with Crippen LogP contribution in [0.2, 0.25) is 0 Å². The van der Waals surface area contributed by atoms with Gasteiger partial charge in [-0.1, -0.05) is 43.7 Å². The zero-order valence-electron chi connectivity index (χ0n) is 18.4. The number of benzene rings is 1. The van der Waals surface area contributed by atoms with E-state index in [9.17, 15) is 9.32 Å². The van der Waals surface area contributed by atoms with E-state index in [-0.39, 0.29) is 54.5 Å². The maximum absolute atomic E-state index is 12.2. The number of aliphatic hydroxyl groups excluding tert-OH is 1. The van der Waals surface area contributed by atoms with Crippen LogP contribution in [0, 0.1) is 0 Å². The standard InChI is InChI=1S/C22H37N3O3S.HI/c1-4-23-22(25-19-12-9-13-21(14-19)29(27)5-2)24-15-20(26)16-28-17(3)18-10-7-6-8-11-18;/h6-8,10-11,17,19-21,26H,4-5,9,12-16H2,1-3H3,(H2,23,24,25);1H. The fourth-order valence-electron chi connectivity index (χ4n) is 3.59. The fourth-order valence-corrected chi connectivity index (χ4v) is 4.94. The molecule has 0 aliphatic heterocycles. The van der Waals surface area contributed by atoms with Crippen molar-refractivity contribution < 1.29 is 14.1 Å². The van der Waals surface area contributed by atoms with Crippen molar-refractivity contribution in [1.29, 1.82) is 0 Å². The number of guanidine groups is 1. The molecule has 1 fully saturated rings. The van der Waals surface area contributed by atoms with Gasteiger partial charge in [-0.15, -0.1) is 24.0 Å². The van der Waals surface area contributed by atoms with Crippen LogP contribution < -0.4 is 10.6 Å². The van der Waals surface area contributed by atoms with Crippen LogP contribution >= 0.6 is 24.0 Å². The average Bonchev–Trinajstić information content (AvgIpc) is 2.76. The molecule has 1 saturated carbocycles. The molecule has 3 N–H and O–H groups in total. The molecule has 0 bridgehead atoms. The van der Waals surface area contributed by atoms with E-state index >= 15 is 0 Å². The van der Waals surface area contributed by atoms with E-state index in [4.69, 9.17) is 4.74 Å². The van der Waals surface area contributed by atoms with Gasteiger partial charge in [0, 0.05) is 34.4 Å². The molecule has 5 unspecified atom stereocenters. The number of nitrogens with zero attached hydrogens (tertiary/aromatic N) is 1. The molecule has 1 aliphatic carbocycles. The van der Waals surface area contributed by atoms with E-state index in [1.807, 2.05) is 51.1 Å². The third-order valence-corrected chi connectivity index (χ3v) is 6.98. The Morgan fingerprint density at radius 1 is 1.30 bits per heavy atom. The molecular weight excluding hydrogens is 513 g/mol. The molecule has 0 amide bonds. The van der Waals surface area contributed by atoms with Crippen molar-refractivity contribution >= 4 is 40.7 Å². The maximum Gasteiger partial charge on any atom is 0.191 e. The first-order chi connectivity index (χ1) is 14.0. The van der Waals surface area contributed by atoms with Crippen molar-refractivity contribution in [2.45, 2.75) is 70.0 Å². The first-order valence-corrected chi connectivity index (χ1v) is 12.2. The van der Waals surface area contributed by atoms with Gasteiger partial charge in [-0.3, -0.25) is 9.20 Å². The summed E-state index contributed by atoms with van der Waals surface area (Å²) in [4.78, 5) is 4.54. The number of rotatable bonds is 10. The molecule has 0 heterocycles. The van der Waals surface area contributed by atoms with Gasteiger partial charge in [-0.2, -0.15) is 0 Å². The summed E-state index contributed by atoms with van der Waals surface area (Å²) < 4.78 is 17.9. The van der Waals surface area contributed by atoms with E-state index in [1.54, 1.807) is 0 Å². The van der Waals surface area contributed by atoms with Crippen molar-refractivity contribution in [3.05, 3.63) is 35.9 Å². The molecule has 172 valence electrons. The highest BCUT2D eigenvalue weighted by molar-refractivity contribution is 14.0. The molecule has 1 aromatic rings. The van der Waals surface area contributed by atoms with Crippen molar-refractivity contribution in [1.82, 2.24) is 10.6 Å². The monoisotopic (exact) mass is 551 g/mol. The lowest BCUT2D eigenvalue weighted by Crippen LogP contribution is -2.47. The minimum absolute atomic E-state index is 0. The van der Waals surface area contributed by atoms with Crippen LogP contribution in [-0.4, -0.2) is 58.1 Å². The molecule has 1 aliphatic rings. The Balaban J connectivity index is 0.00000450. The molecule has 0 spiro atoms. The summed E-state index contributed by atoms with van der Waals surface area (Å²) >= 11 is 0. The summed E-state index contributed by atoms with van der Waals surface area (Å²) in [5, 5.41) is 17.3. The van der Waals surface area contributed by atoms with Crippen LogP contribution in [0.5, 0.6) is 0 Å². The van der Waals surface area contributed by atoms with Gasteiger partial charge in [-0.05, 0) is 38.7 Å². The molecule has 1 aromatic carbocycles. The van der Waals surface area contributed by atoms with Crippen molar-refractivity contribution in [2.75, 3.05) is 25.4 Å². The Morgan fingerprint density at radius 2 is 2.03 bits per heavy atom. The first-order valence-electron chi connectivity index (χ1n) is 10.8. The molecule has 8 heteroatoms. The van der Waals surface area contributed by atoms with Crippen molar-refractivity contribution in [3.8, 4) is 0 Å². The predicted molar refractivity (Wildman–Crippen MR) is 136 cm³/mol. The van der Waals surface area contributed by atoms with E-state index in [0.29, 0.717) is 5.96 Å². The summed E-state index contributed by atoms with van der Waals surface area (Å²) in [6.45, 7) is 7.25. The van der Waals surface area contributed by atoms with Crippen LogP contribution in [0.25, 0.3) is 0 Å². The third kappa shape index (κ3) is 9.62. The lowest BCUT2D eigenvalue weighted by Gasteiger charge is -2.30. The Bertz CT molecular complexity index is 648. The van der Waals surface area contributed by atoms with Crippen molar-refractivity contribution in [2.24, 2.45) is 4.99 Å². The second-order valence-electron chi connectivity index (χ2n) is 7.56. The Hall–Kier alpha value is -0.710. The van der Waals surface area contributed by atoms with Gasteiger partial charge < -0.3 is 20.5 Å². The highest BCUT2D eigenvalue weighted by Gasteiger charge is 2.26. The molecule has 30 heavy (non-hydrogen) atoms. The fraction of sp³-hybridized carbons (Fsp3) is 0.682. The van der Waals surface area contributed by atoms with Crippen LogP contribution in [0.15, 0.2) is 35.3 Å². The lowest BCUT2D eigenvalue weighted by atomic mass is 9.95. The topological polar surface area (TPSA) is 83.0 Å². The average molecular weight is 552 g/mol. The van der Waals surface area contributed by atoms with Crippen LogP contribution in [0.4, 0.5) is 0 Å². The zero-order valence-corrected chi connectivity index (χ0v) is 21.5. The highest BCUT2D eigenvalue weighted by atomic mass is 127. The molecular formula is C22H38IN3O3S.